The minimum atomic E-state index is -3.28. The third-order valence-corrected chi connectivity index (χ3v) is 3.74. The summed E-state index contributed by atoms with van der Waals surface area (Å²) in [5, 5.41) is 0. The van der Waals surface area contributed by atoms with E-state index in [0.29, 0.717) is 6.61 Å². The molecule has 78 valence electrons. The van der Waals surface area contributed by atoms with Gasteiger partial charge in [0.2, 0.25) is 0 Å². The Bertz CT molecular complexity index is 229. The van der Waals surface area contributed by atoms with Gasteiger partial charge in [-0.05, 0) is 6.42 Å². The second kappa shape index (κ2) is 3.90. The van der Waals surface area contributed by atoms with Gasteiger partial charge >= 0.3 is 6.95 Å². The third kappa shape index (κ3) is 2.95. The zero-order chi connectivity index (χ0) is 10.1. The highest BCUT2D eigenvalue weighted by Crippen LogP contribution is 2.60. The fourth-order valence-corrected chi connectivity index (χ4v) is 3.04. The van der Waals surface area contributed by atoms with Crippen molar-refractivity contribution in [2.24, 2.45) is 5.41 Å². The van der Waals surface area contributed by atoms with Crippen LogP contribution in [0.2, 0.25) is 0 Å². The molecule has 1 aliphatic rings. The molecule has 1 aliphatic heterocycles. The van der Waals surface area contributed by atoms with Gasteiger partial charge in [-0.25, -0.2) is 4.57 Å². The normalized spacial score (nSPS) is 38.9. The number of hydrogen-bond donors (Lipinski definition) is 0. The Hall–Kier alpha value is 0.440. The predicted octanol–water partition coefficient (Wildman–Crippen LogP) is 3.58. The lowest BCUT2D eigenvalue weighted by atomic mass is 9.85. The summed E-state index contributed by atoms with van der Waals surface area (Å²) in [6.45, 7) is 3.25. The van der Waals surface area contributed by atoms with Crippen molar-refractivity contribution in [1.82, 2.24) is 0 Å². The van der Waals surface area contributed by atoms with Crippen LogP contribution in [0.3, 0.4) is 0 Å². The van der Waals surface area contributed by atoms with E-state index in [1.165, 1.54) is 0 Å². The van der Waals surface area contributed by atoms with Crippen molar-refractivity contribution in [2.45, 2.75) is 39.7 Å². The third-order valence-electron chi connectivity index (χ3n) is 2.27. The van der Waals surface area contributed by atoms with E-state index < -0.39 is 6.95 Å². The van der Waals surface area contributed by atoms with E-state index in [1.807, 2.05) is 13.8 Å². The fourth-order valence-electron chi connectivity index (χ4n) is 1.37. The largest absolute Gasteiger partial charge is 0.424 e. The monoisotopic (exact) mass is 226 g/mol. The quantitative estimate of drug-likeness (QED) is 0.675. The zero-order valence-corrected chi connectivity index (χ0v) is 9.90. The first kappa shape index (κ1) is 11.5. The van der Waals surface area contributed by atoms with Gasteiger partial charge in [-0.3, -0.25) is 9.05 Å². The first-order valence-electron chi connectivity index (χ1n) is 4.50. The van der Waals surface area contributed by atoms with E-state index in [1.54, 1.807) is 0 Å². The Morgan fingerprint density at radius 2 is 2.23 bits per heavy atom. The van der Waals surface area contributed by atoms with E-state index in [2.05, 4.69) is 6.92 Å². The first-order chi connectivity index (χ1) is 5.87. The maximum Gasteiger partial charge on any atom is 0.424 e. The Morgan fingerprint density at radius 3 is 2.77 bits per heavy atom. The molecule has 0 spiro atoms. The highest BCUT2D eigenvalue weighted by Gasteiger charge is 2.42. The van der Waals surface area contributed by atoms with Crippen molar-refractivity contribution in [2.75, 3.05) is 6.61 Å². The van der Waals surface area contributed by atoms with Gasteiger partial charge in [0, 0.05) is 16.7 Å². The van der Waals surface area contributed by atoms with Crippen molar-refractivity contribution in [3.05, 3.63) is 0 Å². The second-order valence-electron chi connectivity index (χ2n) is 4.08. The number of halogens is 1. The molecule has 0 amide bonds. The van der Waals surface area contributed by atoms with Crippen LogP contribution in [0.4, 0.5) is 0 Å². The summed E-state index contributed by atoms with van der Waals surface area (Å²) in [6.07, 6.45) is 1.80. The Labute approximate surface area is 84.1 Å². The predicted molar refractivity (Wildman–Crippen MR) is 53.0 cm³/mol. The molecule has 2 atom stereocenters. The molecule has 0 N–H and O–H groups in total. The molecule has 1 heterocycles. The first-order valence-corrected chi connectivity index (χ1v) is 6.95. The molecule has 0 aromatic rings. The van der Waals surface area contributed by atoms with E-state index in [0.717, 1.165) is 12.8 Å². The van der Waals surface area contributed by atoms with E-state index in [-0.39, 0.29) is 11.5 Å². The highest BCUT2D eigenvalue weighted by atomic mass is 35.7. The molecule has 0 aliphatic carbocycles. The van der Waals surface area contributed by atoms with Crippen molar-refractivity contribution in [1.29, 1.82) is 0 Å². The number of rotatable bonds is 2. The van der Waals surface area contributed by atoms with Crippen LogP contribution in [0.15, 0.2) is 0 Å². The Morgan fingerprint density at radius 1 is 1.62 bits per heavy atom. The molecule has 13 heavy (non-hydrogen) atoms. The zero-order valence-electron chi connectivity index (χ0n) is 8.25. The lowest BCUT2D eigenvalue weighted by Crippen LogP contribution is -2.38. The highest BCUT2D eigenvalue weighted by molar-refractivity contribution is 7.81. The van der Waals surface area contributed by atoms with Gasteiger partial charge < -0.3 is 0 Å². The molecule has 2 unspecified atom stereocenters. The molecule has 0 radical (unpaired) electrons. The van der Waals surface area contributed by atoms with Crippen LogP contribution < -0.4 is 0 Å². The lowest BCUT2D eigenvalue weighted by Gasteiger charge is -2.39. The van der Waals surface area contributed by atoms with Crippen molar-refractivity contribution < 1.29 is 13.6 Å². The Balaban J connectivity index is 2.69. The summed E-state index contributed by atoms with van der Waals surface area (Å²) in [6, 6.07) is 0. The molecular weight excluding hydrogens is 211 g/mol. The average Bonchev–Trinajstić information content (AvgIpc) is 1.99. The molecule has 0 saturated carbocycles. The van der Waals surface area contributed by atoms with Gasteiger partial charge in [-0.15, -0.1) is 0 Å². The van der Waals surface area contributed by atoms with Gasteiger partial charge in [0.1, 0.15) is 0 Å². The number of hydrogen-bond acceptors (Lipinski definition) is 3. The van der Waals surface area contributed by atoms with Gasteiger partial charge in [0.25, 0.3) is 0 Å². The molecule has 1 saturated heterocycles. The van der Waals surface area contributed by atoms with Crippen molar-refractivity contribution in [3.63, 3.8) is 0 Å². The van der Waals surface area contributed by atoms with Gasteiger partial charge in [0.15, 0.2) is 0 Å². The summed E-state index contributed by atoms with van der Waals surface area (Å²) in [7, 11) is 0. The van der Waals surface area contributed by atoms with Gasteiger partial charge in [-0.1, -0.05) is 27.2 Å². The maximum absolute atomic E-state index is 11.3. The molecular formula is C8H16ClO3P. The van der Waals surface area contributed by atoms with Crippen LogP contribution >= 0.6 is 18.2 Å². The topological polar surface area (TPSA) is 35.5 Å². The molecule has 0 bridgehead atoms. The van der Waals surface area contributed by atoms with Gasteiger partial charge in [0.05, 0.1) is 12.7 Å². The van der Waals surface area contributed by atoms with Crippen molar-refractivity contribution in [3.8, 4) is 0 Å². The van der Waals surface area contributed by atoms with E-state index in [9.17, 15) is 4.57 Å². The standard InChI is InChI=1S/C8H16ClO3P/c1-4-5-7-8(2,3)6-11-13(9,10)12-7/h7H,4-6H2,1-3H3. The minimum Gasteiger partial charge on any atom is -0.296 e. The molecule has 1 rings (SSSR count). The summed E-state index contributed by atoms with van der Waals surface area (Å²) in [5.41, 5.74) is -0.0984. The smallest absolute Gasteiger partial charge is 0.296 e. The minimum absolute atomic E-state index is 0.0606. The summed E-state index contributed by atoms with van der Waals surface area (Å²) in [5.74, 6) is 0. The van der Waals surface area contributed by atoms with Crippen LogP contribution in [-0.2, 0) is 13.6 Å². The molecule has 1 fully saturated rings. The average molecular weight is 227 g/mol. The van der Waals surface area contributed by atoms with E-state index >= 15 is 0 Å². The van der Waals surface area contributed by atoms with Gasteiger partial charge in [-0.2, -0.15) is 0 Å². The molecule has 0 aromatic carbocycles. The summed E-state index contributed by atoms with van der Waals surface area (Å²) >= 11 is 5.54. The van der Waals surface area contributed by atoms with Crippen LogP contribution in [0.25, 0.3) is 0 Å². The molecule has 0 aromatic heterocycles. The second-order valence-corrected chi connectivity index (χ2v) is 6.65. The molecule has 3 nitrogen and oxygen atoms in total. The summed E-state index contributed by atoms with van der Waals surface area (Å²) < 4.78 is 21.5. The molecule has 5 heteroatoms. The van der Waals surface area contributed by atoms with Crippen LogP contribution in [0.1, 0.15) is 33.6 Å². The van der Waals surface area contributed by atoms with Crippen LogP contribution in [-0.4, -0.2) is 12.7 Å². The SMILES string of the molecule is CCCC1OP(=O)(Cl)OCC1(C)C. The lowest BCUT2D eigenvalue weighted by molar-refractivity contribution is -0.0228. The fraction of sp³-hybridized carbons (Fsp3) is 1.00. The van der Waals surface area contributed by atoms with E-state index in [4.69, 9.17) is 20.3 Å². The maximum atomic E-state index is 11.3. The Kier molecular flexibility index (Phi) is 3.45. The van der Waals surface area contributed by atoms with Crippen LogP contribution in [0.5, 0.6) is 0 Å². The van der Waals surface area contributed by atoms with Crippen LogP contribution in [0, 0.1) is 5.41 Å². The summed E-state index contributed by atoms with van der Waals surface area (Å²) in [4.78, 5) is 0. The van der Waals surface area contributed by atoms with Crippen molar-refractivity contribution >= 4 is 18.2 Å².